The first-order valence-electron chi connectivity index (χ1n) is 9.05. The number of rotatable bonds is 6. The smallest absolute Gasteiger partial charge is 0.336 e. The van der Waals surface area contributed by atoms with Crippen molar-refractivity contribution in [2.24, 2.45) is 5.92 Å². The Kier molecular flexibility index (Phi) is 5.50. The van der Waals surface area contributed by atoms with Crippen LogP contribution in [0.2, 0.25) is 0 Å². The first kappa shape index (κ1) is 17.0. The van der Waals surface area contributed by atoms with Gasteiger partial charge in [-0.15, -0.1) is 5.10 Å². The molecule has 1 aliphatic heterocycles. The first-order valence-corrected chi connectivity index (χ1v) is 9.05. The van der Waals surface area contributed by atoms with E-state index in [2.05, 4.69) is 27.3 Å². The van der Waals surface area contributed by atoms with Gasteiger partial charge in [-0.2, -0.15) is 4.98 Å². The molecule has 3 rings (SSSR count). The van der Waals surface area contributed by atoms with Crippen molar-refractivity contribution in [3.63, 3.8) is 0 Å². The van der Waals surface area contributed by atoms with Crippen LogP contribution in [-0.4, -0.2) is 38.8 Å². The van der Waals surface area contributed by atoms with Crippen LogP contribution >= 0.6 is 0 Å². The van der Waals surface area contributed by atoms with Crippen LogP contribution in [0.25, 0.3) is 5.65 Å². The predicted molar refractivity (Wildman–Crippen MR) is 94.1 cm³/mol. The molecule has 0 radical (unpaired) electrons. The van der Waals surface area contributed by atoms with E-state index in [1.165, 1.54) is 19.3 Å². The van der Waals surface area contributed by atoms with E-state index in [-0.39, 0.29) is 6.10 Å². The number of imidazole rings is 1. The number of hydrogen-bond acceptors (Lipinski definition) is 6. The van der Waals surface area contributed by atoms with Crippen molar-refractivity contribution in [1.29, 1.82) is 0 Å². The fraction of sp³-hybridized carbons (Fsp3) is 0.706. The molecule has 2 aromatic rings. The lowest BCUT2D eigenvalue weighted by Gasteiger charge is -2.14. The summed E-state index contributed by atoms with van der Waals surface area (Å²) in [5.74, 6) is 1.02. The number of nitrogen functional groups attached to an aromatic ring is 1. The van der Waals surface area contributed by atoms with Crippen molar-refractivity contribution in [2.75, 3.05) is 18.8 Å². The molecule has 1 unspecified atom stereocenters. The molecule has 2 atom stereocenters. The van der Waals surface area contributed by atoms with Gasteiger partial charge in [0.1, 0.15) is 0 Å². The zero-order chi connectivity index (χ0) is 16.9. The largest absolute Gasteiger partial charge is 0.459 e. The Bertz CT molecular complexity index is 662. The van der Waals surface area contributed by atoms with Crippen LogP contribution in [-0.2, 0) is 6.42 Å². The average Bonchev–Trinajstić information content (AvgIpc) is 2.77. The second-order valence-corrected chi connectivity index (χ2v) is 6.73. The van der Waals surface area contributed by atoms with Gasteiger partial charge in [0.15, 0.2) is 11.5 Å². The van der Waals surface area contributed by atoms with Crippen LogP contribution in [0.15, 0.2) is 6.20 Å². The standard InChI is InChI=1S/C17H28N6O/c1-3-5-12(2)24-17-21-15(18)16-20-11-14(23(16)22-17)10-13-6-4-8-19-9-7-13/h11-13,19H,3-10H2,1-2H3,(H2,18,21,22)/t12-,13?/m0/s1. The van der Waals surface area contributed by atoms with Crippen molar-refractivity contribution < 1.29 is 4.74 Å². The van der Waals surface area contributed by atoms with Crippen molar-refractivity contribution in [1.82, 2.24) is 24.9 Å². The summed E-state index contributed by atoms with van der Waals surface area (Å²) in [7, 11) is 0. The molecule has 7 nitrogen and oxygen atoms in total. The van der Waals surface area contributed by atoms with E-state index in [4.69, 9.17) is 10.5 Å². The maximum absolute atomic E-state index is 6.05. The van der Waals surface area contributed by atoms with E-state index in [9.17, 15) is 0 Å². The normalized spacial score (nSPS) is 20.0. The van der Waals surface area contributed by atoms with Crippen LogP contribution in [0.5, 0.6) is 6.01 Å². The third kappa shape index (κ3) is 3.95. The van der Waals surface area contributed by atoms with E-state index < -0.39 is 0 Å². The van der Waals surface area contributed by atoms with Gasteiger partial charge in [0.2, 0.25) is 0 Å². The van der Waals surface area contributed by atoms with E-state index >= 15 is 0 Å². The third-order valence-electron chi connectivity index (χ3n) is 4.63. The van der Waals surface area contributed by atoms with Crippen LogP contribution in [0.1, 0.15) is 51.6 Å². The molecule has 1 aliphatic rings. The van der Waals surface area contributed by atoms with Crippen LogP contribution < -0.4 is 15.8 Å². The highest BCUT2D eigenvalue weighted by Crippen LogP contribution is 2.22. The van der Waals surface area contributed by atoms with Gasteiger partial charge in [0, 0.05) is 0 Å². The maximum Gasteiger partial charge on any atom is 0.336 e. The Morgan fingerprint density at radius 3 is 3.12 bits per heavy atom. The lowest BCUT2D eigenvalue weighted by Crippen LogP contribution is -2.16. The fourth-order valence-corrected chi connectivity index (χ4v) is 3.35. The van der Waals surface area contributed by atoms with E-state index in [1.54, 1.807) is 0 Å². The molecule has 0 aliphatic carbocycles. The molecule has 0 aromatic carbocycles. The second-order valence-electron chi connectivity index (χ2n) is 6.73. The summed E-state index contributed by atoms with van der Waals surface area (Å²) in [4.78, 5) is 8.66. The number of aromatic nitrogens is 4. The van der Waals surface area contributed by atoms with Gasteiger partial charge in [-0.3, -0.25) is 0 Å². The van der Waals surface area contributed by atoms with Crippen molar-refractivity contribution in [3.8, 4) is 6.01 Å². The van der Waals surface area contributed by atoms with Crippen molar-refractivity contribution in [3.05, 3.63) is 11.9 Å². The van der Waals surface area contributed by atoms with Crippen LogP contribution in [0.3, 0.4) is 0 Å². The van der Waals surface area contributed by atoms with Crippen LogP contribution in [0, 0.1) is 5.92 Å². The Balaban J connectivity index is 1.81. The Labute approximate surface area is 143 Å². The number of nitrogens with zero attached hydrogens (tertiary/aromatic N) is 4. The third-order valence-corrected chi connectivity index (χ3v) is 4.63. The summed E-state index contributed by atoms with van der Waals surface area (Å²) in [5.41, 5.74) is 7.75. The SMILES string of the molecule is CCC[C@H](C)Oc1nc(N)c2ncc(CC3CCCNCC3)n2n1. The van der Waals surface area contributed by atoms with Gasteiger partial charge >= 0.3 is 6.01 Å². The minimum Gasteiger partial charge on any atom is -0.459 e. The van der Waals surface area contributed by atoms with Crippen LogP contribution in [0.4, 0.5) is 5.82 Å². The lowest BCUT2D eigenvalue weighted by atomic mass is 9.95. The first-order chi connectivity index (χ1) is 11.7. The minimum absolute atomic E-state index is 0.0757. The van der Waals surface area contributed by atoms with E-state index in [0.717, 1.165) is 38.0 Å². The van der Waals surface area contributed by atoms with Gasteiger partial charge in [0.25, 0.3) is 0 Å². The Morgan fingerprint density at radius 1 is 1.42 bits per heavy atom. The lowest BCUT2D eigenvalue weighted by molar-refractivity contribution is 0.189. The molecule has 24 heavy (non-hydrogen) atoms. The molecular formula is C17H28N6O. The molecule has 3 N–H and O–H groups in total. The summed E-state index contributed by atoms with van der Waals surface area (Å²) < 4.78 is 7.63. The van der Waals surface area contributed by atoms with Crippen molar-refractivity contribution in [2.45, 2.75) is 58.5 Å². The Hall–Kier alpha value is -1.89. The topological polar surface area (TPSA) is 90.4 Å². The molecule has 0 spiro atoms. The van der Waals surface area contributed by atoms with Crippen molar-refractivity contribution >= 4 is 11.5 Å². The van der Waals surface area contributed by atoms with E-state index in [1.807, 2.05) is 17.6 Å². The molecule has 3 heterocycles. The number of nitrogens with two attached hydrogens (primary N) is 1. The molecule has 1 fully saturated rings. The zero-order valence-electron chi connectivity index (χ0n) is 14.7. The molecule has 132 valence electrons. The quantitative estimate of drug-likeness (QED) is 0.843. The molecule has 2 aromatic heterocycles. The Morgan fingerprint density at radius 2 is 2.29 bits per heavy atom. The van der Waals surface area contributed by atoms with Gasteiger partial charge in [-0.05, 0) is 58.0 Å². The molecule has 0 amide bonds. The highest BCUT2D eigenvalue weighted by Gasteiger charge is 2.18. The fourth-order valence-electron chi connectivity index (χ4n) is 3.35. The second kappa shape index (κ2) is 7.79. The molecule has 0 bridgehead atoms. The number of nitrogens with one attached hydrogen (secondary N) is 1. The number of anilines is 1. The zero-order valence-corrected chi connectivity index (χ0v) is 14.7. The summed E-state index contributed by atoms with van der Waals surface area (Å²) in [5, 5.41) is 7.99. The van der Waals surface area contributed by atoms with E-state index in [0.29, 0.717) is 23.4 Å². The summed E-state index contributed by atoms with van der Waals surface area (Å²) in [6.45, 7) is 6.36. The molecule has 0 saturated carbocycles. The highest BCUT2D eigenvalue weighted by molar-refractivity contribution is 5.59. The monoisotopic (exact) mass is 332 g/mol. The number of hydrogen-bond donors (Lipinski definition) is 2. The predicted octanol–water partition coefficient (Wildman–Crippen LogP) is 2.21. The minimum atomic E-state index is 0.0757. The molecule has 7 heteroatoms. The summed E-state index contributed by atoms with van der Waals surface area (Å²) in [6, 6.07) is 0.336. The highest BCUT2D eigenvalue weighted by atomic mass is 16.5. The van der Waals surface area contributed by atoms with Gasteiger partial charge in [-0.25, -0.2) is 9.50 Å². The van der Waals surface area contributed by atoms with Gasteiger partial charge in [0.05, 0.1) is 18.0 Å². The molecule has 1 saturated heterocycles. The average molecular weight is 332 g/mol. The number of ether oxygens (including phenoxy) is 1. The summed E-state index contributed by atoms with van der Waals surface area (Å²) in [6.07, 6.45) is 8.58. The van der Waals surface area contributed by atoms with Gasteiger partial charge in [-0.1, -0.05) is 13.3 Å². The molecular weight excluding hydrogens is 304 g/mol. The maximum atomic E-state index is 6.05. The van der Waals surface area contributed by atoms with Gasteiger partial charge < -0.3 is 15.8 Å². The summed E-state index contributed by atoms with van der Waals surface area (Å²) >= 11 is 0. The number of fused-ring (bicyclic) bond motifs is 1.